The van der Waals surface area contributed by atoms with Crippen LogP contribution in [0, 0.1) is 5.92 Å². The minimum atomic E-state index is -0.918. The van der Waals surface area contributed by atoms with E-state index in [0.717, 1.165) is 16.2 Å². The highest BCUT2D eigenvalue weighted by Gasteiger charge is 2.40. The second kappa shape index (κ2) is 9.51. The van der Waals surface area contributed by atoms with Crippen LogP contribution < -0.4 is 25.0 Å². The largest absolute Gasteiger partial charge is 0.497 e. The molecule has 0 saturated carbocycles. The van der Waals surface area contributed by atoms with Gasteiger partial charge in [0.1, 0.15) is 17.5 Å². The number of carbonyl (C=O) groups is 3. The summed E-state index contributed by atoms with van der Waals surface area (Å²) in [6, 6.07) is 12.3. The fourth-order valence-corrected chi connectivity index (χ4v) is 3.51. The van der Waals surface area contributed by atoms with Crippen LogP contribution in [-0.4, -0.2) is 38.1 Å². The molecule has 2 N–H and O–H groups in total. The minimum Gasteiger partial charge on any atom is -0.497 e. The zero-order chi connectivity index (χ0) is 22.5. The van der Waals surface area contributed by atoms with Crippen molar-refractivity contribution in [1.82, 2.24) is 10.6 Å². The summed E-state index contributed by atoms with van der Waals surface area (Å²) in [6.45, 7) is 4.01. The Morgan fingerprint density at radius 2 is 1.55 bits per heavy atom. The molecule has 3 rings (SSSR count). The van der Waals surface area contributed by atoms with Gasteiger partial charge in [-0.05, 0) is 47.9 Å². The summed E-state index contributed by atoms with van der Waals surface area (Å²) in [5.41, 5.74) is 1.36. The zero-order valence-electron chi connectivity index (χ0n) is 18.0. The van der Waals surface area contributed by atoms with Gasteiger partial charge in [-0.15, -0.1) is 0 Å². The molecule has 0 unspecified atom stereocenters. The van der Waals surface area contributed by atoms with Crippen molar-refractivity contribution in [2.24, 2.45) is 5.92 Å². The molecule has 8 nitrogen and oxygen atoms in total. The lowest BCUT2D eigenvalue weighted by Gasteiger charge is -2.23. The average Bonchev–Trinajstić information content (AvgIpc) is 3.04. The Kier molecular flexibility index (Phi) is 6.79. The lowest BCUT2D eigenvalue weighted by Crippen LogP contribution is -2.39. The van der Waals surface area contributed by atoms with E-state index in [1.54, 1.807) is 31.4 Å². The highest BCUT2D eigenvalue weighted by molar-refractivity contribution is 6.22. The molecule has 2 aromatic rings. The Balaban J connectivity index is 1.67. The zero-order valence-corrected chi connectivity index (χ0v) is 18.0. The molecule has 1 heterocycles. The molecule has 1 saturated heterocycles. The van der Waals surface area contributed by atoms with Crippen molar-refractivity contribution in [3.8, 4) is 11.5 Å². The fraction of sp³-hybridized carbons (Fsp3) is 0.348. The minimum absolute atomic E-state index is 0.127. The van der Waals surface area contributed by atoms with E-state index in [1.807, 2.05) is 38.1 Å². The molecule has 0 bridgehead atoms. The number of amides is 4. The number of urea groups is 1. The molecule has 8 heteroatoms. The van der Waals surface area contributed by atoms with E-state index in [9.17, 15) is 14.4 Å². The van der Waals surface area contributed by atoms with Gasteiger partial charge in [0.25, 0.3) is 5.91 Å². The summed E-state index contributed by atoms with van der Waals surface area (Å²) < 4.78 is 10.3. The summed E-state index contributed by atoms with van der Waals surface area (Å²) in [7, 11) is 3.13. The van der Waals surface area contributed by atoms with Gasteiger partial charge in [0.15, 0.2) is 0 Å². The Morgan fingerprint density at radius 3 is 2.06 bits per heavy atom. The molecule has 164 valence electrons. The first-order valence-corrected chi connectivity index (χ1v) is 10.1. The predicted octanol–water partition coefficient (Wildman–Crippen LogP) is 3.03. The van der Waals surface area contributed by atoms with Crippen LogP contribution >= 0.6 is 0 Å². The maximum absolute atomic E-state index is 12.8. The first-order valence-electron chi connectivity index (χ1n) is 10.1. The summed E-state index contributed by atoms with van der Waals surface area (Å²) in [4.78, 5) is 38.9. The van der Waals surface area contributed by atoms with Gasteiger partial charge in [0.2, 0.25) is 5.91 Å². The van der Waals surface area contributed by atoms with Gasteiger partial charge in [0, 0.05) is 0 Å². The fourth-order valence-electron chi connectivity index (χ4n) is 3.51. The van der Waals surface area contributed by atoms with Gasteiger partial charge in [-0.3, -0.25) is 9.59 Å². The van der Waals surface area contributed by atoms with E-state index < -0.39 is 18.0 Å². The van der Waals surface area contributed by atoms with Gasteiger partial charge in [0.05, 0.1) is 32.4 Å². The standard InChI is InChI=1S/C23H27N3O5/c1-14(2)21(15-5-9-17(30-3)10-6-15)25-20(27)13-19-22(28)26(23(29)24-19)16-7-11-18(31-4)12-8-16/h5-12,14,19,21H,13H2,1-4H3,(H,24,29)(H,25,27)/t19-,21-/m1/s1. The second-order valence-electron chi connectivity index (χ2n) is 7.64. The van der Waals surface area contributed by atoms with Crippen LogP contribution in [0.4, 0.5) is 10.5 Å². The van der Waals surface area contributed by atoms with Gasteiger partial charge < -0.3 is 20.1 Å². The Hall–Kier alpha value is -3.55. The van der Waals surface area contributed by atoms with E-state index in [-0.39, 0.29) is 24.3 Å². The lowest BCUT2D eigenvalue weighted by atomic mass is 9.95. The third kappa shape index (κ3) is 4.96. The van der Waals surface area contributed by atoms with Crippen LogP contribution in [0.25, 0.3) is 0 Å². The lowest BCUT2D eigenvalue weighted by molar-refractivity contribution is -0.126. The molecule has 2 atom stereocenters. The van der Waals surface area contributed by atoms with Crippen LogP contribution in [-0.2, 0) is 9.59 Å². The Labute approximate surface area is 181 Å². The third-order valence-corrected chi connectivity index (χ3v) is 5.20. The topological polar surface area (TPSA) is 97.0 Å². The van der Waals surface area contributed by atoms with E-state index in [2.05, 4.69) is 10.6 Å². The molecule has 0 spiro atoms. The van der Waals surface area contributed by atoms with Gasteiger partial charge in [-0.2, -0.15) is 0 Å². The van der Waals surface area contributed by atoms with Gasteiger partial charge in [-0.25, -0.2) is 9.69 Å². The van der Waals surface area contributed by atoms with Crippen molar-refractivity contribution < 1.29 is 23.9 Å². The smallest absolute Gasteiger partial charge is 0.329 e. The van der Waals surface area contributed by atoms with E-state index in [0.29, 0.717) is 11.4 Å². The molecule has 0 aliphatic carbocycles. The average molecular weight is 425 g/mol. The number of rotatable bonds is 8. The number of ether oxygens (including phenoxy) is 2. The molecular formula is C23H27N3O5. The van der Waals surface area contributed by atoms with E-state index >= 15 is 0 Å². The SMILES string of the molecule is COc1ccc([C@H](NC(=O)C[C@H]2NC(=O)N(c3ccc(OC)cc3)C2=O)C(C)C)cc1. The maximum atomic E-state index is 12.8. The predicted molar refractivity (Wildman–Crippen MR) is 116 cm³/mol. The quantitative estimate of drug-likeness (QED) is 0.634. The number of benzene rings is 2. The normalized spacial score (nSPS) is 16.8. The van der Waals surface area contributed by atoms with Crippen LogP contribution in [0.1, 0.15) is 31.9 Å². The van der Waals surface area contributed by atoms with Crippen molar-refractivity contribution in [3.05, 3.63) is 54.1 Å². The maximum Gasteiger partial charge on any atom is 0.329 e. The first-order chi connectivity index (χ1) is 14.8. The van der Waals surface area contributed by atoms with Crippen LogP contribution in [0.2, 0.25) is 0 Å². The van der Waals surface area contributed by atoms with Crippen LogP contribution in [0.15, 0.2) is 48.5 Å². The molecule has 0 aromatic heterocycles. The van der Waals surface area contributed by atoms with Gasteiger partial charge in [-0.1, -0.05) is 26.0 Å². The number of methoxy groups -OCH3 is 2. The van der Waals surface area contributed by atoms with Crippen LogP contribution in [0.5, 0.6) is 11.5 Å². The molecule has 2 aromatic carbocycles. The van der Waals surface area contributed by atoms with E-state index in [4.69, 9.17) is 9.47 Å². The molecule has 1 aliphatic rings. The van der Waals surface area contributed by atoms with Crippen molar-refractivity contribution in [2.45, 2.75) is 32.4 Å². The van der Waals surface area contributed by atoms with Crippen LogP contribution in [0.3, 0.4) is 0 Å². The highest BCUT2D eigenvalue weighted by Crippen LogP contribution is 2.26. The number of anilines is 1. The summed E-state index contributed by atoms with van der Waals surface area (Å²) in [5, 5.41) is 5.58. The summed E-state index contributed by atoms with van der Waals surface area (Å²) >= 11 is 0. The van der Waals surface area contributed by atoms with Crippen molar-refractivity contribution in [3.63, 3.8) is 0 Å². The Bertz CT molecular complexity index is 941. The monoisotopic (exact) mass is 425 g/mol. The number of imide groups is 1. The first kappa shape index (κ1) is 22.1. The number of nitrogens with one attached hydrogen (secondary N) is 2. The molecule has 1 aliphatic heterocycles. The number of hydrogen-bond acceptors (Lipinski definition) is 5. The molecule has 0 radical (unpaired) electrons. The second-order valence-corrected chi connectivity index (χ2v) is 7.64. The van der Waals surface area contributed by atoms with Crippen molar-refractivity contribution >= 4 is 23.5 Å². The van der Waals surface area contributed by atoms with E-state index in [1.165, 1.54) is 7.11 Å². The molecular weight excluding hydrogens is 398 g/mol. The third-order valence-electron chi connectivity index (χ3n) is 5.20. The highest BCUT2D eigenvalue weighted by atomic mass is 16.5. The Morgan fingerprint density at radius 1 is 1.00 bits per heavy atom. The van der Waals surface area contributed by atoms with Gasteiger partial charge >= 0.3 is 6.03 Å². The summed E-state index contributed by atoms with van der Waals surface area (Å²) in [6.07, 6.45) is -0.142. The number of nitrogens with zero attached hydrogens (tertiary/aromatic N) is 1. The number of carbonyl (C=O) groups excluding carboxylic acids is 3. The molecule has 31 heavy (non-hydrogen) atoms. The van der Waals surface area contributed by atoms with Crippen molar-refractivity contribution in [1.29, 1.82) is 0 Å². The summed E-state index contributed by atoms with van der Waals surface area (Å²) in [5.74, 6) is 0.697. The number of hydrogen-bond donors (Lipinski definition) is 2. The van der Waals surface area contributed by atoms with Crippen molar-refractivity contribution in [2.75, 3.05) is 19.1 Å². The molecule has 4 amide bonds. The molecule has 1 fully saturated rings.